The third-order valence-corrected chi connectivity index (χ3v) is 6.15. The highest BCUT2D eigenvalue weighted by Gasteiger charge is 2.17. The number of rotatable bonds is 5. The molecule has 146 valence electrons. The number of ether oxygens (including phenoxy) is 1. The maximum absolute atomic E-state index is 12.6. The van der Waals surface area contributed by atoms with E-state index < -0.39 is 15.6 Å². The van der Waals surface area contributed by atoms with Crippen LogP contribution in [0.3, 0.4) is 0 Å². The minimum absolute atomic E-state index is 0.0292. The smallest absolute Gasteiger partial charge is 0.291 e. The van der Waals surface area contributed by atoms with Crippen molar-refractivity contribution in [3.8, 4) is 11.4 Å². The first-order valence-electron chi connectivity index (χ1n) is 7.63. The number of benzene rings is 2. The fourth-order valence-corrected chi connectivity index (χ4v) is 3.82. The first-order valence-corrected chi connectivity index (χ1v) is 10.2. The molecule has 7 nitrogen and oxygen atoms in total. The van der Waals surface area contributed by atoms with E-state index >= 15 is 0 Å². The molecule has 0 saturated heterocycles. The SMILES string of the molecule is COc1ccc(Cl)c(NS(=O)(=O)c2ccc(-n3ncc(Cl)c(Cl)c3=O)cc2)c1. The molecule has 0 saturated carbocycles. The zero-order chi connectivity index (χ0) is 20.5. The number of hydrogen-bond donors (Lipinski definition) is 1. The number of anilines is 1. The number of hydrogen-bond acceptors (Lipinski definition) is 5. The standard InChI is InChI=1S/C17H12Cl3N3O4S/c1-27-11-4-7-13(18)15(8-11)22-28(25,26)12-5-2-10(3-6-12)23-17(24)16(20)14(19)9-21-23/h2-9,22H,1H3. The maximum Gasteiger partial charge on any atom is 0.291 e. The Labute approximate surface area is 175 Å². The number of nitrogens with one attached hydrogen (secondary N) is 1. The zero-order valence-electron chi connectivity index (χ0n) is 14.2. The van der Waals surface area contributed by atoms with Crippen LogP contribution in [-0.2, 0) is 10.0 Å². The van der Waals surface area contributed by atoms with Gasteiger partial charge in [-0.3, -0.25) is 9.52 Å². The van der Waals surface area contributed by atoms with Gasteiger partial charge in [0.2, 0.25) is 0 Å². The first-order chi connectivity index (χ1) is 13.2. The summed E-state index contributed by atoms with van der Waals surface area (Å²) in [5.74, 6) is 0.447. The molecule has 0 fully saturated rings. The van der Waals surface area contributed by atoms with Crippen molar-refractivity contribution in [1.29, 1.82) is 0 Å². The molecule has 0 unspecified atom stereocenters. The lowest BCUT2D eigenvalue weighted by Gasteiger charge is -2.12. The van der Waals surface area contributed by atoms with E-state index in [1.807, 2.05) is 0 Å². The van der Waals surface area contributed by atoms with Gasteiger partial charge in [-0.25, -0.2) is 8.42 Å². The summed E-state index contributed by atoms with van der Waals surface area (Å²) in [5, 5.41) is 3.96. The topological polar surface area (TPSA) is 90.3 Å². The molecule has 0 radical (unpaired) electrons. The molecule has 28 heavy (non-hydrogen) atoms. The van der Waals surface area contributed by atoms with Crippen molar-refractivity contribution >= 4 is 50.5 Å². The van der Waals surface area contributed by atoms with Crippen molar-refractivity contribution in [2.75, 3.05) is 11.8 Å². The Kier molecular flexibility index (Phi) is 5.85. The number of aromatic nitrogens is 2. The predicted octanol–water partition coefficient (Wildman–Crippen LogP) is 4.00. The molecule has 3 aromatic rings. The van der Waals surface area contributed by atoms with Crippen LogP contribution in [0.4, 0.5) is 5.69 Å². The summed E-state index contributed by atoms with van der Waals surface area (Å²) in [4.78, 5) is 12.1. The molecular formula is C17H12Cl3N3O4S. The van der Waals surface area contributed by atoms with Gasteiger partial charge in [-0.1, -0.05) is 34.8 Å². The second-order valence-electron chi connectivity index (χ2n) is 5.47. The van der Waals surface area contributed by atoms with Crippen molar-refractivity contribution < 1.29 is 13.2 Å². The van der Waals surface area contributed by atoms with Gasteiger partial charge in [0.1, 0.15) is 10.8 Å². The minimum Gasteiger partial charge on any atom is -0.497 e. The molecule has 0 spiro atoms. The Balaban J connectivity index is 1.93. The summed E-state index contributed by atoms with van der Waals surface area (Å²) in [6.45, 7) is 0. The second kappa shape index (κ2) is 8.00. The van der Waals surface area contributed by atoms with Crippen LogP contribution >= 0.6 is 34.8 Å². The Morgan fingerprint density at radius 1 is 1.04 bits per heavy atom. The molecule has 1 N–H and O–H groups in total. The average molecular weight is 461 g/mol. The number of halogens is 3. The molecule has 0 aliphatic rings. The summed E-state index contributed by atoms with van der Waals surface area (Å²) in [6, 6.07) is 10.1. The third-order valence-electron chi connectivity index (χ3n) is 3.69. The van der Waals surface area contributed by atoms with Gasteiger partial charge in [-0.15, -0.1) is 0 Å². The maximum atomic E-state index is 12.6. The van der Waals surface area contributed by atoms with E-state index in [1.165, 1.54) is 49.7 Å². The quantitative estimate of drug-likeness (QED) is 0.621. The molecular weight excluding hydrogens is 449 g/mol. The third kappa shape index (κ3) is 4.10. The lowest BCUT2D eigenvalue weighted by Crippen LogP contribution is -2.21. The van der Waals surface area contributed by atoms with Crippen LogP contribution < -0.4 is 15.0 Å². The van der Waals surface area contributed by atoms with Gasteiger partial charge in [0.15, 0.2) is 0 Å². The van der Waals surface area contributed by atoms with Crippen LogP contribution in [0.5, 0.6) is 5.75 Å². The second-order valence-corrected chi connectivity index (χ2v) is 8.34. The number of nitrogens with zero attached hydrogens (tertiary/aromatic N) is 2. The van der Waals surface area contributed by atoms with Gasteiger partial charge < -0.3 is 4.74 Å². The van der Waals surface area contributed by atoms with E-state index in [4.69, 9.17) is 39.5 Å². The molecule has 3 rings (SSSR count). The van der Waals surface area contributed by atoms with E-state index in [2.05, 4.69) is 9.82 Å². The normalized spacial score (nSPS) is 11.3. The molecule has 0 aliphatic carbocycles. The van der Waals surface area contributed by atoms with E-state index in [0.29, 0.717) is 11.4 Å². The van der Waals surface area contributed by atoms with Crippen LogP contribution in [0.2, 0.25) is 15.1 Å². The summed E-state index contributed by atoms with van der Waals surface area (Å²) < 4.78 is 33.8. The van der Waals surface area contributed by atoms with Gasteiger partial charge in [0, 0.05) is 6.07 Å². The Morgan fingerprint density at radius 2 is 1.71 bits per heavy atom. The molecule has 0 aliphatic heterocycles. The molecule has 2 aromatic carbocycles. The van der Waals surface area contributed by atoms with Gasteiger partial charge in [-0.05, 0) is 36.4 Å². The molecule has 1 heterocycles. The average Bonchev–Trinajstić information content (AvgIpc) is 2.68. The lowest BCUT2D eigenvalue weighted by atomic mass is 10.3. The minimum atomic E-state index is -3.93. The van der Waals surface area contributed by atoms with Crippen molar-refractivity contribution in [1.82, 2.24) is 9.78 Å². The number of methoxy groups -OCH3 is 1. The van der Waals surface area contributed by atoms with Crippen molar-refractivity contribution in [2.24, 2.45) is 0 Å². The fraction of sp³-hybridized carbons (Fsp3) is 0.0588. The zero-order valence-corrected chi connectivity index (χ0v) is 17.3. The highest BCUT2D eigenvalue weighted by Crippen LogP contribution is 2.29. The lowest BCUT2D eigenvalue weighted by molar-refractivity contribution is 0.415. The molecule has 1 aromatic heterocycles. The summed E-state index contributed by atoms with van der Waals surface area (Å²) in [7, 11) is -2.47. The van der Waals surface area contributed by atoms with Gasteiger partial charge >= 0.3 is 0 Å². The van der Waals surface area contributed by atoms with E-state index in [-0.39, 0.29) is 25.7 Å². The first kappa shape index (κ1) is 20.5. The van der Waals surface area contributed by atoms with Crippen LogP contribution in [-0.4, -0.2) is 25.3 Å². The highest BCUT2D eigenvalue weighted by molar-refractivity contribution is 7.92. The highest BCUT2D eigenvalue weighted by atomic mass is 35.5. The largest absolute Gasteiger partial charge is 0.497 e. The van der Waals surface area contributed by atoms with Crippen molar-refractivity contribution in [3.63, 3.8) is 0 Å². The summed E-state index contributed by atoms with van der Waals surface area (Å²) >= 11 is 17.6. The predicted molar refractivity (Wildman–Crippen MR) is 109 cm³/mol. The van der Waals surface area contributed by atoms with E-state index in [0.717, 1.165) is 4.68 Å². The van der Waals surface area contributed by atoms with Crippen LogP contribution in [0.1, 0.15) is 0 Å². The van der Waals surface area contributed by atoms with Crippen molar-refractivity contribution in [3.05, 3.63) is 74.1 Å². The number of sulfonamides is 1. The van der Waals surface area contributed by atoms with Gasteiger partial charge in [0.05, 0.1) is 39.6 Å². The monoisotopic (exact) mass is 459 g/mol. The molecule has 0 bridgehead atoms. The molecule has 0 amide bonds. The van der Waals surface area contributed by atoms with Crippen molar-refractivity contribution in [2.45, 2.75) is 4.90 Å². The summed E-state index contributed by atoms with van der Waals surface area (Å²) in [6.07, 6.45) is 1.22. The fourth-order valence-electron chi connectivity index (χ4n) is 2.28. The Bertz CT molecular complexity index is 1200. The Hall–Kier alpha value is -2.26. The molecule has 0 atom stereocenters. The van der Waals surface area contributed by atoms with E-state index in [9.17, 15) is 13.2 Å². The van der Waals surface area contributed by atoms with Gasteiger partial charge in [-0.2, -0.15) is 9.78 Å². The van der Waals surface area contributed by atoms with E-state index in [1.54, 1.807) is 6.07 Å². The Morgan fingerprint density at radius 3 is 2.36 bits per heavy atom. The molecule has 11 heteroatoms. The van der Waals surface area contributed by atoms with Crippen LogP contribution in [0, 0.1) is 0 Å². The van der Waals surface area contributed by atoms with Gasteiger partial charge in [0.25, 0.3) is 15.6 Å². The van der Waals surface area contributed by atoms with Crippen LogP contribution in [0.25, 0.3) is 5.69 Å². The van der Waals surface area contributed by atoms with Crippen LogP contribution in [0.15, 0.2) is 58.4 Å². The summed E-state index contributed by atoms with van der Waals surface area (Å²) in [5.41, 5.74) is -0.125.